The number of amides is 1. The van der Waals surface area contributed by atoms with E-state index in [2.05, 4.69) is 45.1 Å². The molecule has 1 unspecified atom stereocenters. The van der Waals surface area contributed by atoms with Crippen LogP contribution in [0.4, 0.5) is 0 Å². The number of aliphatic hydroxyl groups excluding tert-OH is 1. The van der Waals surface area contributed by atoms with Crippen LogP contribution in [0.15, 0.2) is 54.6 Å². The largest absolute Gasteiger partial charge is 0.480 e. The first-order valence-corrected chi connectivity index (χ1v) is 16.3. The number of carboxylic acid groups (broad SMARTS) is 1. The Hall–Kier alpha value is -2.61. The van der Waals surface area contributed by atoms with Crippen molar-refractivity contribution in [3.8, 4) is 11.1 Å². The number of thioether (sulfide) groups is 1. The number of rotatable bonds is 10. The number of aryl methyl sites for hydroxylation is 3. The number of carboxylic acids is 1. The fourth-order valence-electron chi connectivity index (χ4n) is 3.39. The Morgan fingerprint density at radius 2 is 1.60 bits per heavy atom. The first kappa shape index (κ1) is 37.4. The summed E-state index contributed by atoms with van der Waals surface area (Å²) in [7, 11) is 0. The van der Waals surface area contributed by atoms with Gasteiger partial charge in [-0.25, -0.2) is 4.79 Å². The minimum Gasteiger partial charge on any atom is -0.480 e. The minimum atomic E-state index is -1.04. The summed E-state index contributed by atoms with van der Waals surface area (Å²) in [5, 5.41) is 21.4. The number of unbranched alkanes of at least 4 members (excludes halogenated alkanes) is 1. The minimum absolute atomic E-state index is 0.133. The summed E-state index contributed by atoms with van der Waals surface area (Å²) >= 11 is 3.42. The molecule has 0 aliphatic rings. The van der Waals surface area contributed by atoms with Crippen LogP contribution in [0.5, 0.6) is 0 Å². The van der Waals surface area contributed by atoms with Crippen LogP contribution in [-0.4, -0.2) is 40.1 Å². The van der Waals surface area contributed by atoms with Gasteiger partial charge in [-0.05, 0) is 85.2 Å². The van der Waals surface area contributed by atoms with Gasteiger partial charge in [0.25, 0.3) is 5.91 Å². The number of carbonyl (C=O) groups is 2. The molecule has 1 aromatic heterocycles. The smallest absolute Gasteiger partial charge is 0.326 e. The molecule has 222 valence electrons. The summed E-state index contributed by atoms with van der Waals surface area (Å²) in [6, 6.07) is 16.2. The average molecular weight is 588 g/mol. The summed E-state index contributed by atoms with van der Waals surface area (Å²) in [4.78, 5) is 27.1. The Bertz CT molecular complexity index is 1130. The van der Waals surface area contributed by atoms with E-state index in [0.717, 1.165) is 11.1 Å². The zero-order chi connectivity index (χ0) is 30.5. The van der Waals surface area contributed by atoms with Crippen LogP contribution < -0.4 is 5.32 Å². The number of thiophene rings is 1. The topological polar surface area (TPSA) is 86.6 Å². The van der Waals surface area contributed by atoms with Crippen LogP contribution in [0.2, 0.25) is 0 Å². The number of aliphatic carboxylic acids is 1. The predicted octanol–water partition coefficient (Wildman–Crippen LogP) is 8.54. The molecule has 0 saturated heterocycles. The zero-order valence-corrected chi connectivity index (χ0v) is 27.2. The molecule has 0 spiro atoms. The molecule has 1 amide bonds. The van der Waals surface area contributed by atoms with E-state index in [1.54, 1.807) is 18.2 Å². The molecule has 0 aliphatic heterocycles. The molecular formula is C33H49NO4S2. The fourth-order valence-corrected chi connectivity index (χ4v) is 4.69. The maximum atomic E-state index is 12.8. The molecule has 7 heteroatoms. The summed E-state index contributed by atoms with van der Waals surface area (Å²) in [6.07, 6.45) is 6.07. The second kappa shape index (κ2) is 22.1. The van der Waals surface area contributed by atoms with Crippen LogP contribution in [0.25, 0.3) is 11.1 Å². The molecule has 3 N–H and O–H groups in total. The predicted molar refractivity (Wildman–Crippen MR) is 175 cm³/mol. The van der Waals surface area contributed by atoms with Gasteiger partial charge in [-0.15, -0.1) is 11.3 Å². The second-order valence-electron chi connectivity index (χ2n) is 8.86. The molecule has 0 radical (unpaired) electrons. The van der Waals surface area contributed by atoms with Crippen molar-refractivity contribution >= 4 is 35.0 Å². The van der Waals surface area contributed by atoms with Crippen LogP contribution in [-0.2, 0) is 17.8 Å². The van der Waals surface area contributed by atoms with Crippen LogP contribution >= 0.6 is 23.1 Å². The van der Waals surface area contributed by atoms with Gasteiger partial charge in [0.15, 0.2) is 0 Å². The number of carbonyl (C=O) groups excluding carboxylic acids is 1. The van der Waals surface area contributed by atoms with Crippen molar-refractivity contribution in [2.45, 2.75) is 86.8 Å². The Kier molecular flexibility index (Phi) is 20.7. The quantitative estimate of drug-likeness (QED) is 0.221. The average Bonchev–Trinajstić information content (AvgIpc) is 3.41. The van der Waals surface area contributed by atoms with Crippen molar-refractivity contribution in [1.82, 2.24) is 5.32 Å². The lowest BCUT2D eigenvalue weighted by molar-refractivity contribution is -0.139. The number of hydrogen-bond acceptors (Lipinski definition) is 5. The molecule has 0 fully saturated rings. The molecule has 0 bridgehead atoms. The van der Waals surface area contributed by atoms with Gasteiger partial charge in [-0.1, -0.05) is 77.8 Å². The van der Waals surface area contributed by atoms with E-state index in [1.807, 2.05) is 62.6 Å². The highest BCUT2D eigenvalue weighted by atomic mass is 32.2. The zero-order valence-electron chi connectivity index (χ0n) is 25.5. The third-order valence-electron chi connectivity index (χ3n) is 5.80. The molecule has 3 aromatic rings. The lowest BCUT2D eigenvalue weighted by Gasteiger charge is -2.17. The van der Waals surface area contributed by atoms with Gasteiger partial charge in [0.05, 0.1) is 6.61 Å². The van der Waals surface area contributed by atoms with Crippen molar-refractivity contribution in [3.63, 3.8) is 0 Å². The molecule has 3 rings (SSSR count). The third-order valence-corrected chi connectivity index (χ3v) is 7.59. The lowest BCUT2D eigenvalue weighted by Crippen LogP contribution is -2.41. The highest BCUT2D eigenvalue weighted by molar-refractivity contribution is 7.98. The first-order valence-electron chi connectivity index (χ1n) is 14.1. The molecule has 0 saturated carbocycles. The van der Waals surface area contributed by atoms with Crippen molar-refractivity contribution in [3.05, 3.63) is 81.0 Å². The molecule has 5 nitrogen and oxygen atoms in total. The summed E-state index contributed by atoms with van der Waals surface area (Å²) in [5.41, 5.74) is 3.64. The Morgan fingerprint density at radius 3 is 2.05 bits per heavy atom. The van der Waals surface area contributed by atoms with Gasteiger partial charge < -0.3 is 15.5 Å². The van der Waals surface area contributed by atoms with Gasteiger partial charge in [0.1, 0.15) is 6.04 Å². The molecular weight excluding hydrogens is 539 g/mol. The normalized spacial score (nSPS) is 10.5. The standard InChI is InChI=1S/C20H23NO4S.C7H10S.C4H10.C2H6/c1-13-5-3-4-6-15(13)17-11-14(12-22)7-8-16(17)19(23)21-18(20(24)25)9-10-26-2;1-3-7-5-4-6(2)8-7;1-3-4-2;1-2/h3-8,11,18,22H,9-10,12H2,1-2H3,(H,21,23)(H,24,25);4-5H,3H2,1-2H3;3-4H2,1-2H3;1-2H3. The molecule has 0 aliphatic carbocycles. The van der Waals surface area contributed by atoms with E-state index < -0.39 is 17.9 Å². The number of hydrogen-bond donors (Lipinski definition) is 3. The SMILES string of the molecule is CC.CCCC.CCc1ccc(C)s1.CSCCC(NC(=O)c1ccc(CO)cc1-c1ccccc1C)C(=O)O. The summed E-state index contributed by atoms with van der Waals surface area (Å²) < 4.78 is 0. The second-order valence-corrected chi connectivity index (χ2v) is 11.2. The monoisotopic (exact) mass is 587 g/mol. The summed E-state index contributed by atoms with van der Waals surface area (Å²) in [5.74, 6) is -0.830. The van der Waals surface area contributed by atoms with Crippen LogP contribution in [0, 0.1) is 13.8 Å². The Balaban J connectivity index is 0.000000892. The highest BCUT2D eigenvalue weighted by Gasteiger charge is 2.22. The van der Waals surface area contributed by atoms with Gasteiger partial charge >= 0.3 is 5.97 Å². The molecule has 1 heterocycles. The van der Waals surface area contributed by atoms with Crippen LogP contribution in [0.1, 0.15) is 85.1 Å². The van der Waals surface area contributed by atoms with E-state index in [-0.39, 0.29) is 6.61 Å². The number of nitrogens with one attached hydrogen (secondary N) is 1. The first-order chi connectivity index (χ1) is 19.2. The third kappa shape index (κ3) is 13.6. The van der Waals surface area contributed by atoms with Gasteiger partial charge in [-0.2, -0.15) is 11.8 Å². The van der Waals surface area contributed by atoms with E-state index in [1.165, 1.54) is 40.8 Å². The van der Waals surface area contributed by atoms with E-state index in [0.29, 0.717) is 28.9 Å². The lowest BCUT2D eigenvalue weighted by atomic mass is 9.93. The fraction of sp³-hybridized carbons (Fsp3) is 0.455. The van der Waals surface area contributed by atoms with Crippen molar-refractivity contribution < 1.29 is 19.8 Å². The Labute approximate surface area is 250 Å². The van der Waals surface area contributed by atoms with Crippen LogP contribution in [0.3, 0.4) is 0 Å². The van der Waals surface area contributed by atoms with Gasteiger partial charge in [0, 0.05) is 15.3 Å². The molecule has 2 aromatic carbocycles. The summed E-state index contributed by atoms with van der Waals surface area (Å²) in [6.45, 7) is 14.5. The van der Waals surface area contributed by atoms with Crippen molar-refractivity contribution in [2.75, 3.05) is 12.0 Å². The van der Waals surface area contributed by atoms with E-state index >= 15 is 0 Å². The number of aliphatic hydroxyl groups is 1. The molecule has 1 atom stereocenters. The van der Waals surface area contributed by atoms with Gasteiger partial charge in [0.2, 0.25) is 0 Å². The van der Waals surface area contributed by atoms with E-state index in [9.17, 15) is 19.8 Å². The van der Waals surface area contributed by atoms with Gasteiger partial charge in [-0.3, -0.25) is 4.79 Å². The highest BCUT2D eigenvalue weighted by Crippen LogP contribution is 2.28. The maximum Gasteiger partial charge on any atom is 0.326 e. The number of benzene rings is 2. The maximum absolute atomic E-state index is 12.8. The van der Waals surface area contributed by atoms with Crippen molar-refractivity contribution in [1.29, 1.82) is 0 Å². The Morgan fingerprint density at radius 1 is 0.950 bits per heavy atom. The van der Waals surface area contributed by atoms with Crippen molar-refractivity contribution in [2.24, 2.45) is 0 Å². The molecule has 40 heavy (non-hydrogen) atoms. The van der Waals surface area contributed by atoms with E-state index in [4.69, 9.17) is 0 Å².